The van der Waals surface area contributed by atoms with Crippen LogP contribution in [0.15, 0.2) is 53.4 Å². The third-order valence-corrected chi connectivity index (χ3v) is 4.90. The van der Waals surface area contributed by atoms with Crippen molar-refractivity contribution in [3.05, 3.63) is 53.6 Å². The second-order valence-corrected chi connectivity index (χ2v) is 6.51. The van der Waals surface area contributed by atoms with E-state index < -0.39 is 10.0 Å². The van der Waals surface area contributed by atoms with E-state index in [-0.39, 0.29) is 4.90 Å². The summed E-state index contributed by atoms with van der Waals surface area (Å²) < 4.78 is 31.4. The van der Waals surface area contributed by atoms with Gasteiger partial charge in [0, 0.05) is 12.1 Å². The molecule has 0 aliphatic heterocycles. The number of anilines is 1. The maximum atomic E-state index is 12.5. The van der Waals surface area contributed by atoms with E-state index in [1.807, 2.05) is 0 Å². The highest BCUT2D eigenvalue weighted by Crippen LogP contribution is 2.33. The minimum absolute atomic E-state index is 0.213. The van der Waals surface area contributed by atoms with Gasteiger partial charge in [-0.05, 0) is 30.3 Å². The Morgan fingerprint density at radius 2 is 1.75 bits per heavy atom. The molecule has 0 heterocycles. The van der Waals surface area contributed by atoms with Gasteiger partial charge >= 0.3 is 0 Å². The van der Waals surface area contributed by atoms with Crippen LogP contribution in [-0.4, -0.2) is 22.6 Å². The van der Waals surface area contributed by atoms with Crippen molar-refractivity contribution in [2.24, 2.45) is 0 Å². The van der Waals surface area contributed by atoms with E-state index in [1.54, 1.807) is 48.5 Å². The molecule has 0 saturated carbocycles. The van der Waals surface area contributed by atoms with E-state index in [1.165, 1.54) is 14.2 Å². The number of hydrogen-bond acceptors (Lipinski definition) is 3. The number of halogens is 1. The molecule has 20 heavy (non-hydrogen) atoms. The van der Waals surface area contributed by atoms with Gasteiger partial charge in [-0.25, -0.2) is 8.42 Å². The third-order valence-electron chi connectivity index (χ3n) is 2.88. The first kappa shape index (κ1) is 14.7. The third kappa shape index (κ3) is 2.73. The topological polar surface area (TPSA) is 46.6 Å². The van der Waals surface area contributed by atoms with Crippen LogP contribution in [0.2, 0.25) is 5.02 Å². The number of nitrogens with zero attached hydrogens (tertiary/aromatic N) is 1. The van der Waals surface area contributed by atoms with E-state index in [0.717, 1.165) is 4.31 Å². The van der Waals surface area contributed by atoms with Gasteiger partial charge in [0.25, 0.3) is 10.0 Å². The number of methoxy groups -OCH3 is 1. The summed E-state index contributed by atoms with van der Waals surface area (Å²) in [5, 5.41) is 0.441. The van der Waals surface area contributed by atoms with Gasteiger partial charge in [-0.3, -0.25) is 4.31 Å². The zero-order valence-electron chi connectivity index (χ0n) is 11.1. The van der Waals surface area contributed by atoms with Gasteiger partial charge in [-0.2, -0.15) is 0 Å². The normalized spacial score (nSPS) is 11.2. The Bertz CT molecular complexity index is 702. The number of benzene rings is 2. The Morgan fingerprint density at radius 3 is 2.35 bits per heavy atom. The minimum Gasteiger partial charge on any atom is -0.495 e. The maximum absolute atomic E-state index is 12.5. The fourth-order valence-electron chi connectivity index (χ4n) is 1.79. The van der Waals surface area contributed by atoms with Crippen molar-refractivity contribution in [3.63, 3.8) is 0 Å². The van der Waals surface area contributed by atoms with Crippen LogP contribution < -0.4 is 9.04 Å². The lowest BCUT2D eigenvalue weighted by molar-refractivity contribution is 0.416. The van der Waals surface area contributed by atoms with Crippen LogP contribution in [0.1, 0.15) is 0 Å². The van der Waals surface area contributed by atoms with Crippen molar-refractivity contribution in [1.29, 1.82) is 0 Å². The SMILES string of the molecule is COc1ccc(Cl)cc1N(C)S(=O)(=O)c1ccccc1. The molecule has 0 fully saturated rings. The summed E-state index contributed by atoms with van der Waals surface area (Å²) in [5.41, 5.74) is 0.392. The molecule has 6 heteroatoms. The first-order valence-electron chi connectivity index (χ1n) is 5.84. The zero-order chi connectivity index (χ0) is 14.8. The lowest BCUT2D eigenvalue weighted by Crippen LogP contribution is -2.26. The Morgan fingerprint density at radius 1 is 1.10 bits per heavy atom. The van der Waals surface area contributed by atoms with Gasteiger partial charge in [0.1, 0.15) is 5.75 Å². The predicted molar refractivity (Wildman–Crippen MR) is 80.0 cm³/mol. The van der Waals surface area contributed by atoms with Crippen molar-refractivity contribution >= 4 is 27.3 Å². The number of ether oxygens (including phenoxy) is 1. The smallest absolute Gasteiger partial charge is 0.264 e. The minimum atomic E-state index is -3.65. The molecule has 0 N–H and O–H groups in total. The second kappa shape index (κ2) is 5.73. The number of sulfonamides is 1. The summed E-state index contributed by atoms with van der Waals surface area (Å²) in [5.74, 6) is 0.441. The van der Waals surface area contributed by atoms with E-state index in [2.05, 4.69) is 0 Å². The van der Waals surface area contributed by atoms with Crippen LogP contribution in [0, 0.1) is 0 Å². The Balaban J connectivity index is 2.51. The molecule has 0 bridgehead atoms. The molecule has 0 unspecified atom stereocenters. The van der Waals surface area contributed by atoms with Gasteiger partial charge < -0.3 is 4.74 Å². The summed E-state index contributed by atoms with van der Waals surface area (Å²) in [6.07, 6.45) is 0. The summed E-state index contributed by atoms with van der Waals surface area (Å²) in [6.45, 7) is 0. The van der Waals surface area contributed by atoms with E-state index >= 15 is 0 Å². The van der Waals surface area contributed by atoms with E-state index in [4.69, 9.17) is 16.3 Å². The summed E-state index contributed by atoms with van der Waals surface area (Å²) >= 11 is 5.94. The van der Waals surface area contributed by atoms with Gasteiger partial charge in [0.15, 0.2) is 0 Å². The lowest BCUT2D eigenvalue weighted by atomic mass is 10.3. The zero-order valence-corrected chi connectivity index (χ0v) is 12.6. The van der Waals surface area contributed by atoms with Gasteiger partial charge in [0.05, 0.1) is 17.7 Å². The largest absolute Gasteiger partial charge is 0.495 e. The quantitative estimate of drug-likeness (QED) is 0.871. The van der Waals surface area contributed by atoms with Crippen LogP contribution in [0.5, 0.6) is 5.75 Å². The van der Waals surface area contributed by atoms with Crippen LogP contribution in [-0.2, 0) is 10.0 Å². The predicted octanol–water partition coefficient (Wildman–Crippen LogP) is 3.17. The van der Waals surface area contributed by atoms with E-state index in [0.29, 0.717) is 16.5 Å². The van der Waals surface area contributed by atoms with Crippen molar-refractivity contribution in [2.75, 3.05) is 18.5 Å². The molecule has 0 saturated heterocycles. The Hall–Kier alpha value is -1.72. The first-order chi connectivity index (χ1) is 9.46. The van der Waals surface area contributed by atoms with Gasteiger partial charge in [-0.1, -0.05) is 29.8 Å². The van der Waals surface area contributed by atoms with Crippen molar-refractivity contribution < 1.29 is 13.2 Å². The highest BCUT2D eigenvalue weighted by Gasteiger charge is 2.23. The summed E-state index contributed by atoms with van der Waals surface area (Å²) in [7, 11) is -0.696. The molecule has 4 nitrogen and oxygen atoms in total. The van der Waals surface area contributed by atoms with Crippen LogP contribution in [0.4, 0.5) is 5.69 Å². The average molecular weight is 312 g/mol. The van der Waals surface area contributed by atoms with Crippen LogP contribution >= 0.6 is 11.6 Å². The molecule has 0 aliphatic rings. The molecule has 0 radical (unpaired) electrons. The van der Waals surface area contributed by atoms with Crippen molar-refractivity contribution in [1.82, 2.24) is 0 Å². The molecule has 0 aromatic heterocycles. The fraction of sp³-hybridized carbons (Fsp3) is 0.143. The number of hydrogen-bond donors (Lipinski definition) is 0. The Kier molecular flexibility index (Phi) is 4.20. The number of rotatable bonds is 4. The van der Waals surface area contributed by atoms with Gasteiger partial charge in [-0.15, -0.1) is 0 Å². The highest BCUT2D eigenvalue weighted by atomic mass is 35.5. The van der Waals surface area contributed by atoms with E-state index in [9.17, 15) is 8.42 Å². The standard InChI is InChI=1S/C14H14ClNO3S/c1-16(13-10-11(15)8-9-14(13)19-2)20(17,18)12-6-4-3-5-7-12/h3-10H,1-2H3. The molecular formula is C14H14ClNO3S. The fourth-order valence-corrected chi connectivity index (χ4v) is 3.17. The van der Waals surface area contributed by atoms with Crippen LogP contribution in [0.3, 0.4) is 0 Å². The lowest BCUT2D eigenvalue weighted by Gasteiger charge is -2.21. The molecule has 106 valence electrons. The Labute approximate surface area is 123 Å². The monoisotopic (exact) mass is 311 g/mol. The summed E-state index contributed by atoms with van der Waals surface area (Å²) in [6, 6.07) is 13.0. The molecule has 2 aromatic carbocycles. The molecule has 2 aromatic rings. The van der Waals surface area contributed by atoms with Crippen molar-refractivity contribution in [2.45, 2.75) is 4.90 Å². The molecule has 0 atom stereocenters. The maximum Gasteiger partial charge on any atom is 0.264 e. The molecule has 0 spiro atoms. The molecular weight excluding hydrogens is 298 g/mol. The highest BCUT2D eigenvalue weighted by molar-refractivity contribution is 7.92. The molecule has 0 aliphatic carbocycles. The summed E-state index contributed by atoms with van der Waals surface area (Å²) in [4.78, 5) is 0.213. The molecule has 0 amide bonds. The molecule has 2 rings (SSSR count). The van der Waals surface area contributed by atoms with Crippen LogP contribution in [0.25, 0.3) is 0 Å². The first-order valence-corrected chi connectivity index (χ1v) is 7.66. The van der Waals surface area contributed by atoms with Gasteiger partial charge in [0.2, 0.25) is 0 Å². The average Bonchev–Trinajstić information content (AvgIpc) is 2.47. The second-order valence-electron chi connectivity index (χ2n) is 4.10. The van der Waals surface area contributed by atoms with Crippen molar-refractivity contribution in [3.8, 4) is 5.75 Å².